The largest absolute Gasteiger partial charge is 0.417 e. The van der Waals surface area contributed by atoms with Crippen LogP contribution < -0.4 is 5.32 Å². The molecule has 1 unspecified atom stereocenters. The first kappa shape index (κ1) is 16.8. The summed E-state index contributed by atoms with van der Waals surface area (Å²) < 4.78 is 37.0. The normalized spacial score (nSPS) is 13.3. The molecule has 0 aromatic carbocycles. The Bertz CT molecular complexity index is 446. The van der Waals surface area contributed by atoms with Gasteiger partial charge in [0.25, 0.3) is 0 Å². The van der Waals surface area contributed by atoms with Gasteiger partial charge in [-0.25, -0.2) is 4.98 Å². The molecule has 0 saturated heterocycles. The molecule has 20 heavy (non-hydrogen) atoms. The monoisotopic (exact) mass is 306 g/mol. The van der Waals surface area contributed by atoms with Crippen molar-refractivity contribution in [2.45, 2.75) is 38.0 Å². The first-order valence-electron chi connectivity index (χ1n) is 6.15. The van der Waals surface area contributed by atoms with E-state index in [-0.39, 0.29) is 17.7 Å². The van der Waals surface area contributed by atoms with Gasteiger partial charge in [0.05, 0.1) is 16.3 Å². The van der Waals surface area contributed by atoms with Crippen molar-refractivity contribution in [1.29, 1.82) is 0 Å². The smallest absolute Gasteiger partial charge is 0.353 e. The van der Waals surface area contributed by atoms with Crippen LogP contribution in [-0.2, 0) is 11.0 Å². The van der Waals surface area contributed by atoms with E-state index in [1.165, 1.54) is 6.07 Å². The summed E-state index contributed by atoms with van der Waals surface area (Å²) >= 11 is 1.11. The average Bonchev–Trinajstić information content (AvgIpc) is 2.35. The lowest BCUT2D eigenvalue weighted by Gasteiger charge is -2.17. The minimum absolute atomic E-state index is 0.0589. The predicted molar refractivity (Wildman–Crippen MR) is 72.4 cm³/mol. The number of alkyl halides is 3. The molecule has 0 radical (unpaired) electrons. The average molecular weight is 306 g/mol. The lowest BCUT2D eigenvalue weighted by atomic mass is 10.1. The van der Waals surface area contributed by atoms with Crippen molar-refractivity contribution in [2.75, 3.05) is 5.75 Å². The maximum absolute atomic E-state index is 12.3. The molecule has 0 saturated carbocycles. The number of hydrogen-bond donors (Lipinski definition) is 1. The first-order valence-corrected chi connectivity index (χ1v) is 7.14. The molecule has 0 aliphatic rings. The Labute approximate surface area is 120 Å². The third-order valence-corrected chi connectivity index (χ3v) is 3.75. The van der Waals surface area contributed by atoms with Crippen molar-refractivity contribution in [3.8, 4) is 0 Å². The van der Waals surface area contributed by atoms with Crippen LogP contribution in [0.3, 0.4) is 0 Å². The van der Waals surface area contributed by atoms with Crippen molar-refractivity contribution in [1.82, 2.24) is 10.3 Å². The Morgan fingerprint density at radius 3 is 2.45 bits per heavy atom. The van der Waals surface area contributed by atoms with Crippen LogP contribution in [-0.4, -0.2) is 22.7 Å². The third kappa shape index (κ3) is 5.40. The fraction of sp³-hybridized carbons (Fsp3) is 0.538. The third-order valence-electron chi connectivity index (χ3n) is 2.80. The zero-order valence-electron chi connectivity index (χ0n) is 11.5. The lowest BCUT2D eigenvalue weighted by Crippen LogP contribution is -2.37. The molecule has 1 heterocycles. The molecule has 0 aliphatic carbocycles. The number of pyridine rings is 1. The molecule has 0 fully saturated rings. The van der Waals surface area contributed by atoms with Gasteiger partial charge >= 0.3 is 6.18 Å². The number of nitrogens with zero attached hydrogens (tertiary/aromatic N) is 1. The molecular formula is C13H17F3N2OS. The SMILES string of the molecule is CC(C)C(C)NC(=O)CSc1ccc(C(F)(F)F)cn1. The highest BCUT2D eigenvalue weighted by atomic mass is 32.2. The maximum Gasteiger partial charge on any atom is 0.417 e. The molecule has 1 aromatic heterocycles. The molecule has 7 heteroatoms. The maximum atomic E-state index is 12.3. The molecule has 3 nitrogen and oxygen atoms in total. The Hall–Kier alpha value is -1.24. The summed E-state index contributed by atoms with van der Waals surface area (Å²) in [5.74, 6) is 0.307. The van der Waals surface area contributed by atoms with Gasteiger partial charge in [-0.15, -0.1) is 0 Å². The van der Waals surface area contributed by atoms with Crippen LogP contribution in [0.5, 0.6) is 0 Å². The van der Waals surface area contributed by atoms with E-state index in [1.54, 1.807) is 0 Å². The van der Waals surface area contributed by atoms with Gasteiger partial charge in [0, 0.05) is 12.2 Å². The molecular weight excluding hydrogens is 289 g/mol. The summed E-state index contributed by atoms with van der Waals surface area (Å²) in [6.45, 7) is 5.90. The number of carbonyl (C=O) groups excluding carboxylic acids is 1. The molecule has 1 N–H and O–H groups in total. The highest BCUT2D eigenvalue weighted by molar-refractivity contribution is 7.99. The quantitative estimate of drug-likeness (QED) is 0.848. The van der Waals surface area contributed by atoms with Crippen LogP contribution in [0.25, 0.3) is 0 Å². The van der Waals surface area contributed by atoms with E-state index in [1.807, 2.05) is 20.8 Å². The first-order chi connectivity index (χ1) is 9.20. The van der Waals surface area contributed by atoms with Crippen molar-refractivity contribution in [2.24, 2.45) is 5.92 Å². The van der Waals surface area contributed by atoms with Crippen LogP contribution in [0.4, 0.5) is 13.2 Å². The van der Waals surface area contributed by atoms with E-state index in [4.69, 9.17) is 0 Å². The van der Waals surface area contributed by atoms with Crippen molar-refractivity contribution in [3.63, 3.8) is 0 Å². The molecule has 1 aromatic rings. The highest BCUT2D eigenvalue weighted by Gasteiger charge is 2.30. The topological polar surface area (TPSA) is 42.0 Å². The number of rotatable bonds is 5. The number of carbonyl (C=O) groups is 1. The second-order valence-corrected chi connectivity index (χ2v) is 5.77. The van der Waals surface area contributed by atoms with Crippen LogP contribution in [0.2, 0.25) is 0 Å². The summed E-state index contributed by atoms with van der Waals surface area (Å²) in [5, 5.41) is 3.21. The van der Waals surface area contributed by atoms with Gasteiger partial charge in [0.15, 0.2) is 0 Å². The minimum Gasteiger partial charge on any atom is -0.353 e. The summed E-state index contributed by atoms with van der Waals surface area (Å²) in [5.41, 5.74) is -0.792. The van der Waals surface area contributed by atoms with Crippen LogP contribution in [0.1, 0.15) is 26.3 Å². The van der Waals surface area contributed by atoms with Gasteiger partial charge < -0.3 is 5.32 Å². The van der Waals surface area contributed by atoms with Gasteiger partial charge in [0.2, 0.25) is 5.91 Å². The number of nitrogens with one attached hydrogen (secondary N) is 1. The molecule has 1 amide bonds. The van der Waals surface area contributed by atoms with E-state index < -0.39 is 11.7 Å². The van der Waals surface area contributed by atoms with Crippen molar-refractivity contribution >= 4 is 17.7 Å². The van der Waals surface area contributed by atoms with Gasteiger partial charge in [-0.1, -0.05) is 25.6 Å². The van der Waals surface area contributed by atoms with Crippen molar-refractivity contribution < 1.29 is 18.0 Å². The highest BCUT2D eigenvalue weighted by Crippen LogP contribution is 2.29. The second-order valence-electron chi connectivity index (χ2n) is 4.77. The zero-order chi connectivity index (χ0) is 15.3. The Morgan fingerprint density at radius 2 is 2.00 bits per heavy atom. The van der Waals surface area contributed by atoms with E-state index in [2.05, 4.69) is 10.3 Å². The van der Waals surface area contributed by atoms with E-state index in [0.29, 0.717) is 10.9 Å². The summed E-state index contributed by atoms with van der Waals surface area (Å²) in [6.07, 6.45) is -3.61. The minimum atomic E-state index is -4.39. The Morgan fingerprint density at radius 1 is 1.35 bits per heavy atom. The van der Waals surface area contributed by atoms with Crippen LogP contribution in [0, 0.1) is 5.92 Å². The van der Waals surface area contributed by atoms with Crippen LogP contribution >= 0.6 is 11.8 Å². The van der Waals surface area contributed by atoms with Crippen molar-refractivity contribution in [3.05, 3.63) is 23.9 Å². The number of aromatic nitrogens is 1. The molecule has 1 atom stereocenters. The Kier molecular flexibility index (Phi) is 5.86. The summed E-state index contributed by atoms with van der Waals surface area (Å²) in [7, 11) is 0. The lowest BCUT2D eigenvalue weighted by molar-refractivity contribution is -0.137. The second kappa shape index (κ2) is 6.97. The number of thioether (sulfide) groups is 1. The summed E-state index contributed by atoms with van der Waals surface area (Å²) in [4.78, 5) is 15.3. The fourth-order valence-electron chi connectivity index (χ4n) is 1.24. The number of hydrogen-bond acceptors (Lipinski definition) is 3. The van der Waals surface area contributed by atoms with Crippen LogP contribution in [0.15, 0.2) is 23.4 Å². The van der Waals surface area contributed by atoms with E-state index in [0.717, 1.165) is 24.0 Å². The molecule has 0 spiro atoms. The molecule has 112 valence electrons. The van der Waals surface area contributed by atoms with Gasteiger partial charge in [-0.2, -0.15) is 13.2 Å². The number of amides is 1. The van der Waals surface area contributed by atoms with E-state index in [9.17, 15) is 18.0 Å². The predicted octanol–water partition coefficient (Wildman–Crippen LogP) is 3.35. The number of halogens is 3. The van der Waals surface area contributed by atoms with Gasteiger partial charge in [-0.3, -0.25) is 4.79 Å². The summed E-state index contributed by atoms with van der Waals surface area (Å²) in [6, 6.07) is 2.29. The van der Waals surface area contributed by atoms with Gasteiger partial charge in [0.1, 0.15) is 0 Å². The molecule has 1 rings (SSSR count). The van der Waals surface area contributed by atoms with E-state index >= 15 is 0 Å². The zero-order valence-corrected chi connectivity index (χ0v) is 12.3. The molecule has 0 aliphatic heterocycles. The molecule has 0 bridgehead atoms. The fourth-order valence-corrected chi connectivity index (χ4v) is 1.89. The van der Waals surface area contributed by atoms with Gasteiger partial charge in [-0.05, 0) is 25.0 Å². The Balaban J connectivity index is 2.48. The standard InChI is InChI=1S/C13H17F3N2OS/c1-8(2)9(3)18-11(19)7-20-12-5-4-10(6-17-12)13(14,15)16/h4-6,8-9H,7H2,1-3H3,(H,18,19).